The molecule has 0 spiro atoms. The van der Waals surface area contributed by atoms with Crippen molar-refractivity contribution >= 4 is 21.6 Å². The molecule has 0 fully saturated rings. The third kappa shape index (κ3) is 4.23. The number of rotatable bonds is 8. The van der Waals surface area contributed by atoms with Crippen LogP contribution in [-0.2, 0) is 14.8 Å². The molecule has 0 radical (unpaired) electrons. The normalized spacial score (nSPS) is 10.7. The molecule has 0 aliphatic rings. The fourth-order valence-corrected chi connectivity index (χ4v) is 2.29. The van der Waals surface area contributed by atoms with Gasteiger partial charge in [-0.25, -0.2) is 4.39 Å². The first-order valence-electron chi connectivity index (χ1n) is 5.80. The topological polar surface area (TPSA) is 21.7 Å². The fourth-order valence-electron chi connectivity index (χ4n) is 1.73. The lowest BCUT2D eigenvalue weighted by Gasteiger charge is -2.26. The zero-order chi connectivity index (χ0) is 13.4. The van der Waals surface area contributed by atoms with Gasteiger partial charge in [-0.3, -0.25) is 0 Å². The van der Waals surface area contributed by atoms with Crippen LogP contribution in [0.2, 0.25) is 0 Å². The zero-order valence-electron chi connectivity index (χ0n) is 10.8. The summed E-state index contributed by atoms with van der Waals surface area (Å²) in [4.78, 5) is 2.08. The van der Waals surface area contributed by atoms with Gasteiger partial charge in [-0.05, 0) is 12.1 Å². The Kier molecular flexibility index (Phi) is 7.23. The van der Waals surface area contributed by atoms with Crippen molar-refractivity contribution in [3.63, 3.8) is 0 Å². The van der Waals surface area contributed by atoms with Gasteiger partial charge in [0.2, 0.25) is 0 Å². The Morgan fingerprint density at radius 1 is 1.17 bits per heavy atom. The van der Waals surface area contributed by atoms with Gasteiger partial charge in [-0.1, -0.05) is 22.0 Å². The van der Waals surface area contributed by atoms with Crippen LogP contribution < -0.4 is 4.90 Å². The van der Waals surface area contributed by atoms with E-state index in [0.717, 1.165) is 5.69 Å². The molecular weight excluding hydrogens is 301 g/mol. The molecule has 1 aromatic carbocycles. The minimum absolute atomic E-state index is 0.191. The predicted octanol–water partition coefficient (Wildman–Crippen LogP) is 2.82. The van der Waals surface area contributed by atoms with Gasteiger partial charge in [-0.15, -0.1) is 0 Å². The van der Waals surface area contributed by atoms with Crippen LogP contribution in [0.3, 0.4) is 0 Å². The number of hydrogen-bond donors (Lipinski definition) is 0. The largest absolute Gasteiger partial charge is 0.383 e. The molecule has 5 heteroatoms. The van der Waals surface area contributed by atoms with Crippen molar-refractivity contribution in [1.82, 2.24) is 0 Å². The number of methoxy groups -OCH3 is 2. The predicted molar refractivity (Wildman–Crippen MR) is 75.0 cm³/mol. The summed E-state index contributed by atoms with van der Waals surface area (Å²) in [7, 11) is 3.32. The molecule has 0 heterocycles. The van der Waals surface area contributed by atoms with Crippen molar-refractivity contribution in [3.05, 3.63) is 29.6 Å². The van der Waals surface area contributed by atoms with Crippen LogP contribution >= 0.6 is 15.9 Å². The van der Waals surface area contributed by atoms with Gasteiger partial charge in [0.15, 0.2) is 0 Å². The Morgan fingerprint density at radius 3 is 2.28 bits per heavy atom. The number of halogens is 2. The zero-order valence-corrected chi connectivity index (χ0v) is 12.4. The summed E-state index contributed by atoms with van der Waals surface area (Å²) < 4.78 is 23.9. The molecule has 0 unspecified atom stereocenters. The molecule has 0 amide bonds. The quantitative estimate of drug-likeness (QED) is 0.688. The molecule has 102 valence electrons. The molecule has 0 N–H and O–H groups in total. The highest BCUT2D eigenvalue weighted by molar-refractivity contribution is 9.08. The summed E-state index contributed by atoms with van der Waals surface area (Å²) in [6.45, 7) is 2.62. The third-order valence-electron chi connectivity index (χ3n) is 2.70. The maximum atomic E-state index is 13.7. The summed E-state index contributed by atoms with van der Waals surface area (Å²) in [5, 5.41) is 0.492. The van der Waals surface area contributed by atoms with Gasteiger partial charge >= 0.3 is 0 Å². The van der Waals surface area contributed by atoms with Crippen LogP contribution in [0.5, 0.6) is 0 Å². The van der Waals surface area contributed by atoms with Crippen LogP contribution in [-0.4, -0.2) is 40.5 Å². The van der Waals surface area contributed by atoms with Crippen LogP contribution in [0.15, 0.2) is 18.2 Å². The Bertz CT molecular complexity index is 355. The van der Waals surface area contributed by atoms with E-state index in [4.69, 9.17) is 9.47 Å². The fraction of sp³-hybridized carbons (Fsp3) is 0.538. The van der Waals surface area contributed by atoms with Crippen LogP contribution in [0.4, 0.5) is 10.1 Å². The SMILES string of the molecule is COCCN(CCOC)c1cccc(F)c1CBr. The smallest absolute Gasteiger partial charge is 0.129 e. The molecule has 0 saturated heterocycles. The molecule has 0 aromatic heterocycles. The van der Waals surface area contributed by atoms with Crippen LogP contribution in [0.1, 0.15) is 5.56 Å². The summed E-state index contributed by atoms with van der Waals surface area (Å²) >= 11 is 3.33. The maximum absolute atomic E-state index is 13.7. The lowest BCUT2D eigenvalue weighted by molar-refractivity contribution is 0.190. The van der Waals surface area contributed by atoms with E-state index in [1.165, 1.54) is 6.07 Å². The van der Waals surface area contributed by atoms with Gasteiger partial charge < -0.3 is 14.4 Å². The summed E-state index contributed by atoms with van der Waals surface area (Å²) in [5.74, 6) is -0.191. The van der Waals surface area contributed by atoms with E-state index < -0.39 is 0 Å². The van der Waals surface area contributed by atoms with Crippen molar-refractivity contribution in [2.45, 2.75) is 5.33 Å². The van der Waals surface area contributed by atoms with E-state index in [-0.39, 0.29) is 5.82 Å². The molecule has 0 atom stereocenters. The molecular formula is C13H19BrFNO2. The number of anilines is 1. The molecule has 0 saturated carbocycles. The Morgan fingerprint density at radius 2 is 1.78 bits per heavy atom. The van der Waals surface area contributed by atoms with E-state index in [9.17, 15) is 4.39 Å². The van der Waals surface area contributed by atoms with E-state index >= 15 is 0 Å². The van der Waals surface area contributed by atoms with Gasteiger partial charge in [0.25, 0.3) is 0 Å². The van der Waals surface area contributed by atoms with Gasteiger partial charge in [0.1, 0.15) is 5.82 Å². The van der Waals surface area contributed by atoms with E-state index in [2.05, 4.69) is 20.8 Å². The van der Waals surface area contributed by atoms with Crippen molar-refractivity contribution in [3.8, 4) is 0 Å². The van der Waals surface area contributed by atoms with Crippen molar-refractivity contribution in [1.29, 1.82) is 0 Å². The first kappa shape index (κ1) is 15.4. The highest BCUT2D eigenvalue weighted by Gasteiger charge is 2.13. The van der Waals surface area contributed by atoms with Crippen molar-refractivity contribution < 1.29 is 13.9 Å². The molecule has 0 aliphatic carbocycles. The van der Waals surface area contributed by atoms with Gasteiger partial charge in [-0.2, -0.15) is 0 Å². The van der Waals surface area contributed by atoms with Gasteiger partial charge in [0, 0.05) is 43.9 Å². The standard InChI is InChI=1S/C13H19BrFNO2/c1-17-8-6-16(7-9-18-2)13-5-3-4-12(15)11(13)10-14/h3-5H,6-10H2,1-2H3. The number of nitrogens with zero attached hydrogens (tertiary/aromatic N) is 1. The second-order valence-corrected chi connectivity index (χ2v) is 4.40. The lowest BCUT2D eigenvalue weighted by Crippen LogP contribution is -2.31. The van der Waals surface area contributed by atoms with E-state index in [1.807, 2.05) is 6.07 Å². The lowest BCUT2D eigenvalue weighted by atomic mass is 10.1. The molecule has 0 bridgehead atoms. The summed E-state index contributed by atoms with van der Waals surface area (Å²) in [6, 6.07) is 5.12. The minimum Gasteiger partial charge on any atom is -0.383 e. The summed E-state index contributed by atoms with van der Waals surface area (Å²) in [6.07, 6.45) is 0. The number of benzene rings is 1. The Hall–Kier alpha value is -0.650. The Balaban J connectivity index is 2.91. The monoisotopic (exact) mass is 319 g/mol. The Labute approximate surface area is 116 Å². The second-order valence-electron chi connectivity index (χ2n) is 3.84. The highest BCUT2D eigenvalue weighted by Crippen LogP contribution is 2.25. The van der Waals surface area contributed by atoms with E-state index in [1.54, 1.807) is 20.3 Å². The van der Waals surface area contributed by atoms with Crippen molar-refractivity contribution in [2.24, 2.45) is 0 Å². The first-order valence-corrected chi connectivity index (χ1v) is 6.93. The van der Waals surface area contributed by atoms with E-state index in [0.29, 0.717) is 37.2 Å². The average molecular weight is 320 g/mol. The third-order valence-corrected chi connectivity index (χ3v) is 3.26. The molecule has 1 aromatic rings. The number of hydrogen-bond acceptors (Lipinski definition) is 3. The highest BCUT2D eigenvalue weighted by atomic mass is 79.9. The van der Waals surface area contributed by atoms with Gasteiger partial charge in [0.05, 0.1) is 13.2 Å². The molecule has 18 heavy (non-hydrogen) atoms. The van der Waals surface area contributed by atoms with Crippen LogP contribution in [0, 0.1) is 5.82 Å². The molecule has 0 aliphatic heterocycles. The molecule has 1 rings (SSSR count). The average Bonchev–Trinajstić information content (AvgIpc) is 2.39. The van der Waals surface area contributed by atoms with Crippen LogP contribution in [0.25, 0.3) is 0 Å². The first-order chi connectivity index (χ1) is 8.74. The maximum Gasteiger partial charge on any atom is 0.129 e. The molecule has 3 nitrogen and oxygen atoms in total. The summed E-state index contributed by atoms with van der Waals surface area (Å²) in [5.41, 5.74) is 1.56. The number of alkyl halides is 1. The minimum atomic E-state index is -0.191. The second kappa shape index (κ2) is 8.45. The van der Waals surface area contributed by atoms with Crippen molar-refractivity contribution in [2.75, 3.05) is 45.4 Å². The number of ether oxygens (including phenoxy) is 2.